The molecule has 0 spiro atoms. The average Bonchev–Trinajstić information content (AvgIpc) is 2.67. The molecule has 0 aliphatic carbocycles. The standard InChI is InChI=1S/C13H16ClN3O/c1-7(6-15)16-13(18)11-8(2)17-12-9(11)4-3-5-10(12)14/h3-5,7,17H,6,15H2,1-2H3,(H,16,18). The summed E-state index contributed by atoms with van der Waals surface area (Å²) in [4.78, 5) is 15.3. The Labute approximate surface area is 111 Å². The topological polar surface area (TPSA) is 70.9 Å². The van der Waals surface area contributed by atoms with E-state index in [9.17, 15) is 4.79 Å². The second-order valence-electron chi connectivity index (χ2n) is 4.40. The first-order valence-electron chi connectivity index (χ1n) is 5.82. The third kappa shape index (κ3) is 2.21. The maximum atomic E-state index is 12.2. The summed E-state index contributed by atoms with van der Waals surface area (Å²) >= 11 is 6.10. The Morgan fingerprint density at radius 3 is 2.94 bits per heavy atom. The molecule has 1 heterocycles. The summed E-state index contributed by atoms with van der Waals surface area (Å²) in [5, 5.41) is 4.30. The number of aryl methyl sites for hydroxylation is 1. The molecule has 1 unspecified atom stereocenters. The van der Waals surface area contributed by atoms with Gasteiger partial charge >= 0.3 is 0 Å². The van der Waals surface area contributed by atoms with Gasteiger partial charge in [0.05, 0.1) is 16.1 Å². The smallest absolute Gasteiger partial charge is 0.253 e. The second kappa shape index (κ2) is 5.00. The average molecular weight is 266 g/mol. The number of rotatable bonds is 3. The quantitative estimate of drug-likeness (QED) is 0.796. The highest BCUT2D eigenvalue weighted by Crippen LogP contribution is 2.27. The molecular weight excluding hydrogens is 250 g/mol. The molecule has 0 aliphatic rings. The molecule has 0 radical (unpaired) electrons. The van der Waals surface area contributed by atoms with E-state index in [1.165, 1.54) is 0 Å². The fraction of sp³-hybridized carbons (Fsp3) is 0.308. The Hall–Kier alpha value is -1.52. The van der Waals surface area contributed by atoms with Crippen LogP contribution < -0.4 is 11.1 Å². The number of nitrogens with one attached hydrogen (secondary N) is 2. The van der Waals surface area contributed by atoms with Crippen molar-refractivity contribution < 1.29 is 4.79 Å². The molecule has 2 rings (SSSR count). The number of H-pyrrole nitrogens is 1. The van der Waals surface area contributed by atoms with Crippen LogP contribution in [0.3, 0.4) is 0 Å². The summed E-state index contributed by atoms with van der Waals surface area (Å²) in [6, 6.07) is 5.46. The Bertz CT molecular complexity index is 591. The van der Waals surface area contributed by atoms with Gasteiger partial charge in [-0.2, -0.15) is 0 Å². The predicted molar refractivity (Wildman–Crippen MR) is 74.0 cm³/mol. The second-order valence-corrected chi connectivity index (χ2v) is 4.80. The van der Waals surface area contributed by atoms with Crippen LogP contribution in [0.1, 0.15) is 23.0 Å². The summed E-state index contributed by atoms with van der Waals surface area (Å²) in [6.45, 7) is 4.14. The third-order valence-corrected chi connectivity index (χ3v) is 3.24. The van der Waals surface area contributed by atoms with E-state index in [1.54, 1.807) is 6.07 Å². The Kier molecular flexibility index (Phi) is 3.59. The molecule has 0 bridgehead atoms. The van der Waals surface area contributed by atoms with E-state index in [2.05, 4.69) is 10.3 Å². The zero-order chi connectivity index (χ0) is 13.3. The van der Waals surface area contributed by atoms with Crippen LogP contribution in [0.2, 0.25) is 5.02 Å². The van der Waals surface area contributed by atoms with E-state index in [0.29, 0.717) is 17.1 Å². The van der Waals surface area contributed by atoms with Gasteiger partial charge in [0.25, 0.3) is 5.91 Å². The summed E-state index contributed by atoms with van der Waals surface area (Å²) < 4.78 is 0. The number of aromatic amines is 1. The van der Waals surface area contributed by atoms with E-state index < -0.39 is 0 Å². The van der Waals surface area contributed by atoms with Crippen molar-refractivity contribution in [1.82, 2.24) is 10.3 Å². The third-order valence-electron chi connectivity index (χ3n) is 2.93. The fourth-order valence-electron chi connectivity index (χ4n) is 1.96. The molecule has 18 heavy (non-hydrogen) atoms. The van der Waals surface area contributed by atoms with E-state index in [0.717, 1.165) is 16.6 Å². The summed E-state index contributed by atoms with van der Waals surface area (Å²) in [6.07, 6.45) is 0. The van der Waals surface area contributed by atoms with Crippen molar-refractivity contribution in [3.05, 3.63) is 34.5 Å². The van der Waals surface area contributed by atoms with Crippen LogP contribution in [0.25, 0.3) is 10.9 Å². The lowest BCUT2D eigenvalue weighted by atomic mass is 10.1. The van der Waals surface area contributed by atoms with Gasteiger partial charge in [0.2, 0.25) is 0 Å². The first kappa shape index (κ1) is 12.9. The minimum atomic E-state index is -0.126. The number of carbonyl (C=O) groups excluding carboxylic acids is 1. The number of amides is 1. The normalized spacial score (nSPS) is 12.7. The molecule has 4 nitrogen and oxygen atoms in total. The van der Waals surface area contributed by atoms with E-state index in [-0.39, 0.29) is 11.9 Å². The molecule has 0 saturated carbocycles. The van der Waals surface area contributed by atoms with Gasteiger partial charge in [-0.15, -0.1) is 0 Å². The van der Waals surface area contributed by atoms with Crippen LogP contribution in [-0.4, -0.2) is 23.5 Å². The molecule has 2 aromatic rings. The molecule has 1 amide bonds. The van der Waals surface area contributed by atoms with Crippen molar-refractivity contribution in [3.63, 3.8) is 0 Å². The highest BCUT2D eigenvalue weighted by atomic mass is 35.5. The number of aromatic nitrogens is 1. The van der Waals surface area contributed by atoms with Crippen molar-refractivity contribution in [1.29, 1.82) is 0 Å². The Morgan fingerprint density at radius 1 is 1.56 bits per heavy atom. The zero-order valence-electron chi connectivity index (χ0n) is 10.4. The first-order valence-corrected chi connectivity index (χ1v) is 6.20. The molecular formula is C13H16ClN3O. The number of hydrogen-bond donors (Lipinski definition) is 3. The van der Waals surface area contributed by atoms with E-state index >= 15 is 0 Å². The number of hydrogen-bond acceptors (Lipinski definition) is 2. The Morgan fingerprint density at radius 2 is 2.28 bits per heavy atom. The predicted octanol–water partition coefficient (Wildman–Crippen LogP) is 2.21. The van der Waals surface area contributed by atoms with E-state index in [4.69, 9.17) is 17.3 Å². The van der Waals surface area contributed by atoms with Crippen molar-refractivity contribution in [2.24, 2.45) is 5.73 Å². The van der Waals surface area contributed by atoms with Crippen molar-refractivity contribution in [2.45, 2.75) is 19.9 Å². The van der Waals surface area contributed by atoms with Gasteiger partial charge < -0.3 is 16.0 Å². The number of fused-ring (bicyclic) bond motifs is 1. The van der Waals surface area contributed by atoms with Crippen LogP contribution in [0.5, 0.6) is 0 Å². The molecule has 0 fully saturated rings. The number of para-hydroxylation sites is 1. The molecule has 0 saturated heterocycles. The lowest BCUT2D eigenvalue weighted by molar-refractivity contribution is 0.0942. The maximum Gasteiger partial charge on any atom is 0.253 e. The van der Waals surface area contributed by atoms with Gasteiger partial charge in [0, 0.05) is 23.7 Å². The van der Waals surface area contributed by atoms with Crippen molar-refractivity contribution >= 4 is 28.4 Å². The lowest BCUT2D eigenvalue weighted by Crippen LogP contribution is -2.37. The lowest BCUT2D eigenvalue weighted by Gasteiger charge is -2.11. The van der Waals surface area contributed by atoms with Crippen LogP contribution in [0.15, 0.2) is 18.2 Å². The number of nitrogens with two attached hydrogens (primary N) is 1. The van der Waals surface area contributed by atoms with Gasteiger partial charge in [0.15, 0.2) is 0 Å². The van der Waals surface area contributed by atoms with Crippen LogP contribution in [0, 0.1) is 6.92 Å². The monoisotopic (exact) mass is 265 g/mol. The molecule has 0 aliphatic heterocycles. The molecule has 1 aromatic heterocycles. The SMILES string of the molecule is Cc1[nH]c2c(Cl)cccc2c1C(=O)NC(C)CN. The largest absolute Gasteiger partial charge is 0.357 e. The highest BCUT2D eigenvalue weighted by Gasteiger charge is 2.18. The summed E-state index contributed by atoms with van der Waals surface area (Å²) in [5.41, 5.74) is 7.74. The van der Waals surface area contributed by atoms with Gasteiger partial charge in [-0.25, -0.2) is 0 Å². The van der Waals surface area contributed by atoms with Crippen LogP contribution in [-0.2, 0) is 0 Å². The number of halogens is 1. The van der Waals surface area contributed by atoms with Crippen molar-refractivity contribution in [3.8, 4) is 0 Å². The molecule has 4 N–H and O–H groups in total. The van der Waals surface area contributed by atoms with Crippen molar-refractivity contribution in [2.75, 3.05) is 6.54 Å². The minimum absolute atomic E-state index is 0.0546. The zero-order valence-corrected chi connectivity index (χ0v) is 11.1. The number of benzene rings is 1. The highest BCUT2D eigenvalue weighted by molar-refractivity contribution is 6.35. The maximum absolute atomic E-state index is 12.2. The van der Waals surface area contributed by atoms with Crippen LogP contribution in [0.4, 0.5) is 0 Å². The molecule has 1 aromatic carbocycles. The summed E-state index contributed by atoms with van der Waals surface area (Å²) in [5.74, 6) is -0.126. The molecule has 5 heteroatoms. The van der Waals surface area contributed by atoms with E-state index in [1.807, 2.05) is 26.0 Å². The number of carbonyl (C=O) groups is 1. The van der Waals surface area contributed by atoms with Gasteiger partial charge in [-0.1, -0.05) is 23.7 Å². The van der Waals surface area contributed by atoms with Gasteiger partial charge in [0.1, 0.15) is 0 Å². The van der Waals surface area contributed by atoms with Gasteiger partial charge in [-0.05, 0) is 19.9 Å². The van der Waals surface area contributed by atoms with Gasteiger partial charge in [-0.3, -0.25) is 4.79 Å². The first-order chi connectivity index (χ1) is 8.54. The molecule has 1 atom stereocenters. The minimum Gasteiger partial charge on any atom is -0.357 e. The molecule has 96 valence electrons. The summed E-state index contributed by atoms with van der Waals surface area (Å²) in [7, 11) is 0. The Balaban J connectivity index is 2.47. The van der Waals surface area contributed by atoms with Crippen LogP contribution >= 0.6 is 11.6 Å². The fourth-order valence-corrected chi connectivity index (χ4v) is 2.18.